The van der Waals surface area contributed by atoms with Crippen molar-refractivity contribution < 1.29 is 4.79 Å². The Morgan fingerprint density at radius 3 is 2.42 bits per heavy atom. The van der Waals surface area contributed by atoms with Gasteiger partial charge in [-0.3, -0.25) is 4.79 Å². The lowest BCUT2D eigenvalue weighted by Gasteiger charge is -2.18. The van der Waals surface area contributed by atoms with Gasteiger partial charge in [0, 0.05) is 23.2 Å². The second kappa shape index (κ2) is 5.71. The molecule has 0 unspecified atom stereocenters. The molecule has 1 amide bonds. The fourth-order valence-corrected chi connectivity index (χ4v) is 1.74. The fraction of sp³-hybridized carbons (Fsp3) is 0.0714. The van der Waals surface area contributed by atoms with Crippen LogP contribution in [0, 0.1) is 0 Å². The highest BCUT2D eigenvalue weighted by Gasteiger charge is 2.15. The Labute approximate surface area is 110 Å². The molecule has 5 heteroatoms. The molecule has 0 aliphatic carbocycles. The van der Waals surface area contributed by atoms with Gasteiger partial charge in [-0.2, -0.15) is 0 Å². The molecule has 0 saturated heterocycles. The summed E-state index contributed by atoms with van der Waals surface area (Å²) in [5.41, 5.74) is 10.0. The van der Waals surface area contributed by atoms with Gasteiger partial charge in [0.2, 0.25) is 0 Å². The summed E-state index contributed by atoms with van der Waals surface area (Å²) in [7, 11) is 1.69. The fourth-order valence-electron chi connectivity index (χ4n) is 1.74. The normalized spacial score (nSPS) is 9.53. The molecule has 0 aliphatic rings. The van der Waals surface area contributed by atoms with Crippen LogP contribution in [0.15, 0.2) is 59.7 Å². The lowest BCUT2D eigenvalue weighted by Crippen LogP contribution is -2.26. The molecule has 0 spiro atoms. The van der Waals surface area contributed by atoms with Crippen LogP contribution in [0.3, 0.4) is 0 Å². The first-order valence-corrected chi connectivity index (χ1v) is 5.71. The molecule has 0 aliphatic heterocycles. The van der Waals surface area contributed by atoms with Crippen molar-refractivity contribution in [2.75, 3.05) is 11.9 Å². The molecule has 0 atom stereocenters. The molecule has 94 valence electrons. The largest absolute Gasteiger partial charge is 0.311 e. The lowest BCUT2D eigenvalue weighted by atomic mass is 10.1. The minimum Gasteiger partial charge on any atom is -0.311 e. The Kier molecular flexibility index (Phi) is 3.81. The number of rotatable bonds is 3. The van der Waals surface area contributed by atoms with E-state index in [-0.39, 0.29) is 5.91 Å². The highest BCUT2D eigenvalue weighted by Crippen LogP contribution is 2.22. The first-order valence-electron chi connectivity index (χ1n) is 5.71. The van der Waals surface area contributed by atoms with Crippen molar-refractivity contribution in [3.8, 4) is 0 Å². The van der Waals surface area contributed by atoms with E-state index in [1.807, 2.05) is 30.3 Å². The number of hydrogen-bond acceptors (Lipinski definition) is 2. The molecule has 0 radical (unpaired) electrons. The van der Waals surface area contributed by atoms with E-state index in [1.54, 1.807) is 31.3 Å². The van der Waals surface area contributed by atoms with Crippen LogP contribution in [0.2, 0.25) is 0 Å². The van der Waals surface area contributed by atoms with Crippen molar-refractivity contribution in [2.45, 2.75) is 0 Å². The Morgan fingerprint density at radius 1 is 1.11 bits per heavy atom. The number of hydrogen-bond donors (Lipinski definition) is 0. The molecule has 0 fully saturated rings. The second-order valence-corrected chi connectivity index (χ2v) is 3.91. The molecular formula is C14H12N4O. The van der Waals surface area contributed by atoms with Gasteiger partial charge in [-0.1, -0.05) is 41.5 Å². The average molecular weight is 252 g/mol. The van der Waals surface area contributed by atoms with Crippen LogP contribution in [0.25, 0.3) is 10.4 Å². The van der Waals surface area contributed by atoms with Gasteiger partial charge in [-0.25, -0.2) is 0 Å². The van der Waals surface area contributed by atoms with Gasteiger partial charge in [0.25, 0.3) is 5.91 Å². The van der Waals surface area contributed by atoms with E-state index in [0.29, 0.717) is 11.3 Å². The van der Waals surface area contributed by atoms with Gasteiger partial charge in [0.1, 0.15) is 0 Å². The zero-order chi connectivity index (χ0) is 13.7. The predicted octanol–water partition coefficient (Wildman–Crippen LogP) is 3.91. The van der Waals surface area contributed by atoms with Gasteiger partial charge in [0.05, 0.1) is 5.69 Å². The van der Waals surface area contributed by atoms with E-state index in [2.05, 4.69) is 10.0 Å². The summed E-state index contributed by atoms with van der Waals surface area (Å²) in [5, 5.41) is 3.54. The summed E-state index contributed by atoms with van der Waals surface area (Å²) in [6.07, 6.45) is 0. The van der Waals surface area contributed by atoms with E-state index >= 15 is 0 Å². The van der Waals surface area contributed by atoms with E-state index in [9.17, 15) is 4.79 Å². The predicted molar refractivity (Wildman–Crippen MR) is 74.4 cm³/mol. The molecule has 2 aromatic rings. The molecule has 0 saturated carbocycles. The highest BCUT2D eigenvalue weighted by molar-refractivity contribution is 6.08. The van der Waals surface area contributed by atoms with Crippen LogP contribution in [-0.4, -0.2) is 13.0 Å². The Morgan fingerprint density at radius 2 is 1.74 bits per heavy atom. The molecule has 5 nitrogen and oxygen atoms in total. The van der Waals surface area contributed by atoms with Crippen LogP contribution in [0.1, 0.15) is 10.4 Å². The topological polar surface area (TPSA) is 69.1 Å². The van der Waals surface area contributed by atoms with Crippen molar-refractivity contribution in [3.63, 3.8) is 0 Å². The summed E-state index contributed by atoms with van der Waals surface area (Å²) < 4.78 is 0. The van der Waals surface area contributed by atoms with E-state index in [1.165, 1.54) is 4.90 Å². The molecule has 0 aromatic heterocycles. The molecule has 2 rings (SSSR count). The maximum Gasteiger partial charge on any atom is 0.258 e. The van der Waals surface area contributed by atoms with Crippen molar-refractivity contribution in [1.82, 2.24) is 0 Å². The van der Waals surface area contributed by atoms with Crippen LogP contribution in [0.5, 0.6) is 0 Å². The zero-order valence-electron chi connectivity index (χ0n) is 10.4. The van der Waals surface area contributed by atoms with E-state index in [4.69, 9.17) is 5.53 Å². The van der Waals surface area contributed by atoms with Gasteiger partial charge in [0.15, 0.2) is 0 Å². The molecule has 0 heterocycles. The Balaban J connectivity index is 2.37. The van der Waals surface area contributed by atoms with Crippen molar-refractivity contribution in [1.29, 1.82) is 0 Å². The summed E-state index contributed by atoms with van der Waals surface area (Å²) in [4.78, 5) is 16.6. The molecule has 0 bridgehead atoms. The molecule has 0 N–H and O–H groups in total. The number of carbonyl (C=O) groups excluding carboxylic acids is 1. The molecule has 19 heavy (non-hydrogen) atoms. The number of anilines is 1. The Bertz CT molecular complexity index is 633. The van der Waals surface area contributed by atoms with E-state index < -0.39 is 0 Å². The van der Waals surface area contributed by atoms with Crippen molar-refractivity contribution >= 4 is 17.3 Å². The standard InChI is InChI=1S/C14H12N4O/c1-18(11-7-3-2-4-8-11)14(19)12-9-5-6-10-13(12)16-17-15/h2-10H,1H3. The van der Waals surface area contributed by atoms with Crippen LogP contribution >= 0.6 is 0 Å². The average Bonchev–Trinajstić information content (AvgIpc) is 2.47. The second-order valence-electron chi connectivity index (χ2n) is 3.91. The van der Waals surface area contributed by atoms with Crippen LogP contribution in [0.4, 0.5) is 11.4 Å². The summed E-state index contributed by atoms with van der Waals surface area (Å²) in [5.74, 6) is -0.214. The minimum atomic E-state index is -0.214. The first kappa shape index (κ1) is 12.7. The quantitative estimate of drug-likeness (QED) is 0.464. The number of para-hydroxylation sites is 1. The van der Waals surface area contributed by atoms with Gasteiger partial charge < -0.3 is 4.90 Å². The third-order valence-corrected chi connectivity index (χ3v) is 2.74. The maximum atomic E-state index is 12.4. The van der Waals surface area contributed by atoms with Crippen LogP contribution in [-0.2, 0) is 0 Å². The van der Waals surface area contributed by atoms with Crippen molar-refractivity contribution in [3.05, 3.63) is 70.6 Å². The maximum absolute atomic E-state index is 12.4. The molecule has 2 aromatic carbocycles. The summed E-state index contributed by atoms with van der Waals surface area (Å²) in [6, 6.07) is 16.0. The number of benzene rings is 2. The third-order valence-electron chi connectivity index (χ3n) is 2.74. The van der Waals surface area contributed by atoms with E-state index in [0.717, 1.165) is 5.69 Å². The lowest BCUT2D eigenvalue weighted by molar-refractivity contribution is 0.0993. The third kappa shape index (κ3) is 2.73. The van der Waals surface area contributed by atoms with Crippen LogP contribution < -0.4 is 4.90 Å². The van der Waals surface area contributed by atoms with Crippen molar-refractivity contribution in [2.24, 2.45) is 5.11 Å². The van der Waals surface area contributed by atoms with Gasteiger partial charge >= 0.3 is 0 Å². The SMILES string of the molecule is CN(C(=O)c1ccccc1N=[N+]=[N-])c1ccccc1. The number of azide groups is 1. The first-order chi connectivity index (χ1) is 9.24. The van der Waals surface area contributed by atoms with Gasteiger partial charge in [-0.05, 0) is 23.7 Å². The summed E-state index contributed by atoms with van der Waals surface area (Å²) in [6.45, 7) is 0. The molecular weight excluding hydrogens is 240 g/mol. The van der Waals surface area contributed by atoms with Gasteiger partial charge in [-0.15, -0.1) is 0 Å². The Hall–Kier alpha value is -2.78. The zero-order valence-corrected chi connectivity index (χ0v) is 10.4. The summed E-state index contributed by atoms with van der Waals surface area (Å²) >= 11 is 0. The monoisotopic (exact) mass is 252 g/mol. The number of nitrogens with zero attached hydrogens (tertiary/aromatic N) is 4. The minimum absolute atomic E-state index is 0.214. The smallest absolute Gasteiger partial charge is 0.258 e. The highest BCUT2D eigenvalue weighted by atomic mass is 16.2. The number of carbonyl (C=O) groups is 1. The number of amides is 1.